The Morgan fingerprint density at radius 1 is 1.47 bits per heavy atom. The van der Waals surface area contributed by atoms with Gasteiger partial charge in [-0.2, -0.15) is 0 Å². The molecule has 5 heteroatoms. The molecule has 19 heavy (non-hydrogen) atoms. The van der Waals surface area contributed by atoms with E-state index >= 15 is 0 Å². The van der Waals surface area contributed by atoms with E-state index in [2.05, 4.69) is 28.4 Å². The number of pyridine rings is 1. The van der Waals surface area contributed by atoms with Crippen molar-refractivity contribution in [3.05, 3.63) is 22.1 Å². The highest BCUT2D eigenvalue weighted by molar-refractivity contribution is 7.71. The van der Waals surface area contributed by atoms with Gasteiger partial charge in [0.25, 0.3) is 0 Å². The number of hydrogen-bond acceptors (Lipinski definition) is 2. The predicted octanol–water partition coefficient (Wildman–Crippen LogP) is 4.89. The number of rotatable bonds is 1. The number of fused-ring (bicyclic) bond motifs is 1. The van der Waals surface area contributed by atoms with Gasteiger partial charge in [-0.1, -0.05) is 38.3 Å². The minimum Gasteiger partial charge on any atom is -0.329 e. The van der Waals surface area contributed by atoms with E-state index in [1.807, 2.05) is 6.07 Å². The fourth-order valence-electron chi connectivity index (χ4n) is 3.23. The summed E-state index contributed by atoms with van der Waals surface area (Å²) in [4.78, 5) is 7.71. The summed E-state index contributed by atoms with van der Waals surface area (Å²) in [5.74, 6) is 0. The Morgan fingerprint density at radius 3 is 3.00 bits per heavy atom. The Kier molecular flexibility index (Phi) is 3.18. The lowest BCUT2D eigenvalue weighted by Crippen LogP contribution is -2.30. The van der Waals surface area contributed by atoms with Crippen LogP contribution in [0.3, 0.4) is 0 Å². The first-order chi connectivity index (χ1) is 8.99. The van der Waals surface area contributed by atoms with Crippen LogP contribution in [0.5, 0.6) is 0 Å². The molecule has 3 nitrogen and oxygen atoms in total. The third-order valence-corrected chi connectivity index (χ3v) is 4.79. The first kappa shape index (κ1) is 13.1. The van der Waals surface area contributed by atoms with E-state index in [-0.39, 0.29) is 5.41 Å². The zero-order valence-electron chi connectivity index (χ0n) is 11.2. The predicted molar refractivity (Wildman–Crippen MR) is 81.2 cm³/mol. The van der Waals surface area contributed by atoms with E-state index < -0.39 is 0 Å². The molecule has 3 rings (SSSR count). The van der Waals surface area contributed by atoms with Crippen molar-refractivity contribution >= 4 is 35.0 Å². The second-order valence-corrected chi connectivity index (χ2v) is 6.90. The Hall–Kier alpha value is -0.870. The minimum absolute atomic E-state index is 0.257. The first-order valence-electron chi connectivity index (χ1n) is 6.75. The van der Waals surface area contributed by atoms with Crippen LogP contribution < -0.4 is 0 Å². The Morgan fingerprint density at radius 2 is 2.26 bits per heavy atom. The van der Waals surface area contributed by atoms with E-state index in [4.69, 9.17) is 23.8 Å². The lowest BCUT2D eigenvalue weighted by molar-refractivity contribution is 0.146. The van der Waals surface area contributed by atoms with Crippen molar-refractivity contribution in [1.29, 1.82) is 0 Å². The largest absolute Gasteiger partial charge is 0.329 e. The van der Waals surface area contributed by atoms with Crippen molar-refractivity contribution in [3.63, 3.8) is 0 Å². The molecule has 2 aromatic heterocycles. The number of imidazole rings is 1. The molecule has 1 fully saturated rings. The highest BCUT2D eigenvalue weighted by atomic mass is 35.5. The molecule has 0 spiro atoms. The fraction of sp³-hybridized carbons (Fsp3) is 0.571. The number of hydrogen-bond donors (Lipinski definition) is 1. The van der Waals surface area contributed by atoms with E-state index in [1.54, 1.807) is 6.20 Å². The van der Waals surface area contributed by atoms with Gasteiger partial charge in [0.05, 0.1) is 10.5 Å². The molecule has 0 bridgehead atoms. The summed E-state index contributed by atoms with van der Waals surface area (Å²) in [5, 5.41) is 0.638. The van der Waals surface area contributed by atoms with Gasteiger partial charge in [-0.25, -0.2) is 4.98 Å². The molecular formula is C14H18ClN3S. The van der Waals surface area contributed by atoms with Gasteiger partial charge in [-0.05, 0) is 36.5 Å². The van der Waals surface area contributed by atoms with Crippen LogP contribution in [0, 0.1) is 10.2 Å². The SMILES string of the molecule is CC1(C)CCCCC1n1c(=S)[nH]c2cc(Cl)cnc21. The van der Waals surface area contributed by atoms with Crippen LogP contribution in [0.4, 0.5) is 0 Å². The van der Waals surface area contributed by atoms with Crippen molar-refractivity contribution in [2.24, 2.45) is 5.41 Å². The maximum Gasteiger partial charge on any atom is 0.179 e. The van der Waals surface area contributed by atoms with Gasteiger partial charge in [0, 0.05) is 12.2 Å². The molecule has 0 aliphatic heterocycles. The van der Waals surface area contributed by atoms with Crippen LogP contribution >= 0.6 is 23.8 Å². The maximum atomic E-state index is 6.00. The number of nitrogens with zero attached hydrogens (tertiary/aromatic N) is 2. The van der Waals surface area contributed by atoms with Crippen molar-refractivity contribution < 1.29 is 0 Å². The van der Waals surface area contributed by atoms with Crippen LogP contribution in [-0.2, 0) is 0 Å². The minimum atomic E-state index is 0.257. The highest BCUT2D eigenvalue weighted by Gasteiger charge is 2.34. The quantitative estimate of drug-likeness (QED) is 0.760. The fourth-order valence-corrected chi connectivity index (χ4v) is 3.71. The van der Waals surface area contributed by atoms with Crippen LogP contribution in [0.2, 0.25) is 5.02 Å². The molecular weight excluding hydrogens is 278 g/mol. The van der Waals surface area contributed by atoms with E-state index in [0.717, 1.165) is 15.9 Å². The zero-order chi connectivity index (χ0) is 13.6. The Balaban J connectivity index is 2.19. The summed E-state index contributed by atoms with van der Waals surface area (Å²) in [6.07, 6.45) is 6.66. The van der Waals surface area contributed by atoms with Crippen molar-refractivity contribution in [1.82, 2.24) is 14.5 Å². The average molecular weight is 296 g/mol. The van der Waals surface area contributed by atoms with Gasteiger partial charge < -0.3 is 4.98 Å². The topological polar surface area (TPSA) is 33.6 Å². The summed E-state index contributed by atoms with van der Waals surface area (Å²) in [7, 11) is 0. The smallest absolute Gasteiger partial charge is 0.179 e. The molecule has 2 heterocycles. The van der Waals surface area contributed by atoms with E-state index in [1.165, 1.54) is 25.7 Å². The summed E-state index contributed by atoms with van der Waals surface area (Å²) in [5.41, 5.74) is 2.11. The molecule has 102 valence electrons. The van der Waals surface area contributed by atoms with E-state index in [0.29, 0.717) is 11.1 Å². The molecule has 0 amide bonds. The van der Waals surface area contributed by atoms with Gasteiger partial charge >= 0.3 is 0 Å². The molecule has 1 atom stereocenters. The summed E-state index contributed by atoms with van der Waals surface area (Å²) < 4.78 is 2.95. The molecule has 0 radical (unpaired) electrons. The van der Waals surface area contributed by atoms with Crippen LogP contribution in [0.15, 0.2) is 12.3 Å². The molecule has 1 unspecified atom stereocenters. The number of aromatic nitrogens is 3. The molecule has 1 N–H and O–H groups in total. The molecule has 1 aliphatic carbocycles. The average Bonchev–Trinajstić information content (AvgIpc) is 2.64. The first-order valence-corrected chi connectivity index (χ1v) is 7.53. The monoisotopic (exact) mass is 295 g/mol. The lowest BCUT2D eigenvalue weighted by atomic mass is 9.73. The molecule has 1 aliphatic rings. The molecule has 2 aromatic rings. The summed E-state index contributed by atoms with van der Waals surface area (Å²) >= 11 is 11.5. The van der Waals surface area contributed by atoms with Gasteiger partial charge in [-0.3, -0.25) is 4.57 Å². The van der Waals surface area contributed by atoms with Gasteiger partial charge in [0.15, 0.2) is 10.4 Å². The summed E-state index contributed by atoms with van der Waals surface area (Å²) in [6.45, 7) is 4.65. The standard InChI is InChI=1S/C14H18ClN3S/c1-14(2)6-4-3-5-11(14)18-12-10(17-13(18)19)7-9(15)8-16-12/h7-8,11H,3-6H2,1-2H3,(H,17,19). The van der Waals surface area contributed by atoms with Crippen molar-refractivity contribution in [2.75, 3.05) is 0 Å². The van der Waals surface area contributed by atoms with E-state index in [9.17, 15) is 0 Å². The highest BCUT2D eigenvalue weighted by Crippen LogP contribution is 2.44. The van der Waals surface area contributed by atoms with Gasteiger partial charge in [-0.15, -0.1) is 0 Å². The second kappa shape index (κ2) is 4.60. The zero-order valence-corrected chi connectivity index (χ0v) is 12.8. The van der Waals surface area contributed by atoms with Crippen LogP contribution in [-0.4, -0.2) is 14.5 Å². The maximum absolute atomic E-state index is 6.00. The second-order valence-electron chi connectivity index (χ2n) is 6.08. The van der Waals surface area contributed by atoms with Gasteiger partial charge in [0.1, 0.15) is 0 Å². The molecule has 0 aromatic carbocycles. The third-order valence-electron chi connectivity index (χ3n) is 4.28. The van der Waals surface area contributed by atoms with Crippen molar-refractivity contribution in [3.8, 4) is 0 Å². The lowest BCUT2D eigenvalue weighted by Gasteiger charge is -2.39. The molecule has 1 saturated carbocycles. The van der Waals surface area contributed by atoms with Crippen LogP contribution in [0.25, 0.3) is 11.2 Å². The molecule has 0 saturated heterocycles. The number of nitrogens with one attached hydrogen (secondary N) is 1. The Labute approximate surface area is 123 Å². The Bertz CT molecular complexity index is 671. The third kappa shape index (κ3) is 2.21. The summed E-state index contributed by atoms with van der Waals surface area (Å²) in [6, 6.07) is 2.31. The van der Waals surface area contributed by atoms with Crippen LogP contribution in [0.1, 0.15) is 45.6 Å². The van der Waals surface area contributed by atoms with Crippen molar-refractivity contribution in [2.45, 2.75) is 45.6 Å². The normalized spacial score (nSPS) is 22.8. The number of aromatic amines is 1. The number of H-pyrrole nitrogens is 1. The van der Waals surface area contributed by atoms with Gasteiger partial charge in [0.2, 0.25) is 0 Å². The number of halogens is 1.